The predicted octanol–water partition coefficient (Wildman–Crippen LogP) is 2.76. The summed E-state index contributed by atoms with van der Waals surface area (Å²) in [5.41, 5.74) is 1.46. The van der Waals surface area contributed by atoms with Crippen molar-refractivity contribution in [1.82, 2.24) is 15.1 Å². The summed E-state index contributed by atoms with van der Waals surface area (Å²) in [5.74, 6) is 0.818. The second kappa shape index (κ2) is 7.51. The van der Waals surface area contributed by atoms with Crippen molar-refractivity contribution in [3.05, 3.63) is 35.9 Å². The summed E-state index contributed by atoms with van der Waals surface area (Å²) < 4.78 is 0. The van der Waals surface area contributed by atoms with Crippen LogP contribution in [0, 0.1) is 11.3 Å². The highest BCUT2D eigenvalue weighted by atomic mass is 16.2. The largest absolute Gasteiger partial charge is 0.354 e. The zero-order chi connectivity index (χ0) is 19.8. The zero-order valence-corrected chi connectivity index (χ0v) is 17.2. The van der Waals surface area contributed by atoms with Crippen molar-refractivity contribution < 1.29 is 9.59 Å². The molecule has 2 amide bonds. The van der Waals surface area contributed by atoms with Crippen LogP contribution < -0.4 is 5.32 Å². The van der Waals surface area contributed by atoms with E-state index in [4.69, 9.17) is 0 Å². The number of carbonyl (C=O) groups excluding carboxylic acids is 2. The van der Waals surface area contributed by atoms with Crippen LogP contribution in [0.5, 0.6) is 0 Å². The minimum absolute atomic E-state index is 0.0000309. The maximum absolute atomic E-state index is 12.6. The standard InChI is InChI=1S/C23H33N3O2/c1-25(2)23(19-6-4-3-5-7-19)12-10-22(11-13-23)14-21(28)26(17-22)16-20(27)24-15-18-8-9-18/h3-7,18H,8-17H2,1-2H3,(H,24,27). The molecule has 0 unspecified atom stereocenters. The van der Waals surface area contributed by atoms with Crippen LogP contribution in [0.25, 0.3) is 0 Å². The molecule has 1 spiro atoms. The Morgan fingerprint density at radius 1 is 1.14 bits per heavy atom. The van der Waals surface area contributed by atoms with Crippen molar-refractivity contribution in [1.29, 1.82) is 0 Å². The second-order valence-electron chi connectivity index (χ2n) is 9.47. The smallest absolute Gasteiger partial charge is 0.239 e. The first-order valence-electron chi connectivity index (χ1n) is 10.7. The fourth-order valence-corrected chi connectivity index (χ4v) is 5.21. The van der Waals surface area contributed by atoms with E-state index >= 15 is 0 Å². The molecular formula is C23H33N3O2. The maximum atomic E-state index is 12.6. The van der Waals surface area contributed by atoms with Crippen LogP contribution in [-0.4, -0.2) is 55.3 Å². The van der Waals surface area contributed by atoms with Gasteiger partial charge in [0.25, 0.3) is 0 Å². The normalized spacial score (nSPS) is 30.2. The van der Waals surface area contributed by atoms with Gasteiger partial charge in [0.2, 0.25) is 11.8 Å². The Labute approximate surface area is 168 Å². The van der Waals surface area contributed by atoms with E-state index < -0.39 is 0 Å². The van der Waals surface area contributed by atoms with Gasteiger partial charge in [-0.3, -0.25) is 14.5 Å². The molecular weight excluding hydrogens is 350 g/mol. The Morgan fingerprint density at radius 3 is 2.43 bits per heavy atom. The van der Waals surface area contributed by atoms with Gasteiger partial charge in [-0.1, -0.05) is 30.3 Å². The summed E-state index contributed by atoms with van der Waals surface area (Å²) in [6, 6.07) is 10.8. The van der Waals surface area contributed by atoms with Crippen LogP contribution in [-0.2, 0) is 15.1 Å². The van der Waals surface area contributed by atoms with E-state index in [1.165, 1.54) is 18.4 Å². The number of hydrogen-bond acceptors (Lipinski definition) is 3. The van der Waals surface area contributed by atoms with Crippen molar-refractivity contribution in [2.75, 3.05) is 33.7 Å². The van der Waals surface area contributed by atoms with Crippen LogP contribution in [0.1, 0.15) is 50.5 Å². The van der Waals surface area contributed by atoms with Gasteiger partial charge in [0.15, 0.2) is 0 Å². The van der Waals surface area contributed by atoms with Gasteiger partial charge in [-0.25, -0.2) is 0 Å². The molecule has 3 fully saturated rings. The molecule has 1 aromatic rings. The van der Waals surface area contributed by atoms with E-state index in [9.17, 15) is 9.59 Å². The quantitative estimate of drug-likeness (QED) is 0.822. The van der Waals surface area contributed by atoms with Crippen molar-refractivity contribution in [2.45, 2.75) is 50.5 Å². The van der Waals surface area contributed by atoms with E-state index in [0.717, 1.165) is 38.8 Å². The Balaban J connectivity index is 1.39. The molecule has 1 saturated heterocycles. The van der Waals surface area contributed by atoms with Crippen LogP contribution in [0.2, 0.25) is 0 Å². The summed E-state index contributed by atoms with van der Waals surface area (Å²) in [4.78, 5) is 29.0. The summed E-state index contributed by atoms with van der Waals surface area (Å²) in [6.45, 7) is 1.74. The Morgan fingerprint density at radius 2 is 1.82 bits per heavy atom. The molecule has 0 bridgehead atoms. The lowest BCUT2D eigenvalue weighted by Gasteiger charge is -2.48. The average Bonchev–Trinajstić information content (AvgIpc) is 3.47. The molecule has 0 aromatic heterocycles. The van der Waals surface area contributed by atoms with E-state index in [2.05, 4.69) is 54.6 Å². The van der Waals surface area contributed by atoms with Gasteiger partial charge in [-0.2, -0.15) is 0 Å². The van der Waals surface area contributed by atoms with Crippen LogP contribution in [0.15, 0.2) is 30.3 Å². The highest BCUT2D eigenvalue weighted by Gasteiger charge is 2.50. The number of likely N-dealkylation sites (tertiary alicyclic amines) is 1. The van der Waals surface area contributed by atoms with Gasteiger partial charge in [0.05, 0.1) is 6.54 Å². The Bertz CT molecular complexity index is 719. The first kappa shape index (κ1) is 19.4. The van der Waals surface area contributed by atoms with Gasteiger partial charge < -0.3 is 10.2 Å². The predicted molar refractivity (Wildman–Crippen MR) is 110 cm³/mol. The molecule has 4 rings (SSSR count). The number of nitrogens with zero attached hydrogens (tertiary/aromatic N) is 2. The highest BCUT2D eigenvalue weighted by molar-refractivity contribution is 5.86. The second-order valence-corrected chi connectivity index (χ2v) is 9.47. The number of amides is 2. The fourth-order valence-electron chi connectivity index (χ4n) is 5.21. The number of carbonyl (C=O) groups is 2. The average molecular weight is 384 g/mol. The van der Waals surface area contributed by atoms with Gasteiger partial charge in [0, 0.05) is 25.0 Å². The van der Waals surface area contributed by atoms with Crippen LogP contribution in [0.3, 0.4) is 0 Å². The molecule has 3 aliphatic rings. The maximum Gasteiger partial charge on any atom is 0.239 e. The first-order valence-corrected chi connectivity index (χ1v) is 10.7. The third-order valence-corrected chi connectivity index (χ3v) is 7.33. The van der Waals surface area contributed by atoms with Crippen molar-refractivity contribution in [2.24, 2.45) is 11.3 Å². The minimum atomic E-state index is 0.0000309. The van der Waals surface area contributed by atoms with Gasteiger partial charge in [0.1, 0.15) is 0 Å². The lowest BCUT2D eigenvalue weighted by Crippen LogP contribution is -2.47. The van der Waals surface area contributed by atoms with Gasteiger partial charge in [-0.15, -0.1) is 0 Å². The number of benzene rings is 1. The number of hydrogen-bond donors (Lipinski definition) is 1. The monoisotopic (exact) mass is 383 g/mol. The third kappa shape index (κ3) is 3.82. The third-order valence-electron chi connectivity index (χ3n) is 7.33. The molecule has 2 saturated carbocycles. The highest BCUT2D eigenvalue weighted by Crippen LogP contribution is 2.52. The Kier molecular flexibility index (Phi) is 5.21. The molecule has 1 aromatic carbocycles. The molecule has 5 heteroatoms. The van der Waals surface area contributed by atoms with E-state index in [1.54, 1.807) is 4.90 Å². The zero-order valence-electron chi connectivity index (χ0n) is 17.2. The topological polar surface area (TPSA) is 52.7 Å². The molecule has 0 radical (unpaired) electrons. The van der Waals surface area contributed by atoms with Crippen molar-refractivity contribution in [3.63, 3.8) is 0 Å². The van der Waals surface area contributed by atoms with Crippen molar-refractivity contribution >= 4 is 11.8 Å². The number of nitrogens with one attached hydrogen (secondary N) is 1. The van der Waals surface area contributed by atoms with Crippen molar-refractivity contribution in [3.8, 4) is 0 Å². The molecule has 5 nitrogen and oxygen atoms in total. The SMILES string of the molecule is CN(C)C1(c2ccccc2)CCC2(CC1)CC(=O)N(CC(=O)NCC1CC1)C2. The van der Waals surface area contributed by atoms with Crippen LogP contribution in [0.4, 0.5) is 0 Å². The molecule has 152 valence electrons. The van der Waals surface area contributed by atoms with E-state index in [-0.39, 0.29) is 29.3 Å². The molecule has 1 heterocycles. The number of rotatable bonds is 6. The summed E-state index contributed by atoms with van der Waals surface area (Å²) in [7, 11) is 4.34. The molecule has 0 atom stereocenters. The first-order chi connectivity index (χ1) is 13.4. The lowest BCUT2D eigenvalue weighted by atomic mass is 9.64. The molecule has 2 aliphatic carbocycles. The fraction of sp³-hybridized carbons (Fsp3) is 0.652. The molecule has 1 aliphatic heterocycles. The summed E-state index contributed by atoms with van der Waals surface area (Å²) in [6.07, 6.45) is 7.22. The van der Waals surface area contributed by atoms with Gasteiger partial charge in [-0.05, 0) is 69.5 Å². The van der Waals surface area contributed by atoms with E-state index in [1.807, 2.05) is 0 Å². The minimum Gasteiger partial charge on any atom is -0.354 e. The lowest BCUT2D eigenvalue weighted by molar-refractivity contribution is -0.133. The molecule has 1 N–H and O–H groups in total. The molecule has 28 heavy (non-hydrogen) atoms. The van der Waals surface area contributed by atoms with Crippen LogP contribution >= 0.6 is 0 Å². The van der Waals surface area contributed by atoms with E-state index in [0.29, 0.717) is 12.3 Å². The summed E-state index contributed by atoms with van der Waals surface area (Å²) >= 11 is 0. The van der Waals surface area contributed by atoms with Gasteiger partial charge >= 0.3 is 0 Å². The Hall–Kier alpha value is -1.88. The summed E-state index contributed by atoms with van der Waals surface area (Å²) in [5, 5.41) is 2.99.